The molecule has 10 atom stereocenters. The lowest BCUT2D eigenvalue weighted by molar-refractivity contribution is -0.322. The van der Waals surface area contributed by atoms with Gasteiger partial charge in [0.1, 0.15) is 53.4 Å². The zero-order chi connectivity index (χ0) is 51.3. The van der Waals surface area contributed by atoms with Crippen molar-refractivity contribution in [2.75, 3.05) is 27.4 Å². The molecular formula is C54H52N2O16S. The SMILES string of the molecule is COc1ccc(COC[C@H]2O[C@@H](O[C@H]3[C@H](OC(C)=O)[C@@H](N4C(=O)c5ccccc5C4=O)[C@H](Sc4ccccc4)O[C@@H]3COCc3ccc(OC)cc3)[C@H](N3C(=O)c4ccccc4C3=O)[C@@H](OC(C)=O)[C@@H]2O)cc1. The number of imide groups is 2. The Labute approximate surface area is 424 Å². The van der Waals surface area contributed by atoms with Crippen LogP contribution < -0.4 is 9.47 Å². The lowest BCUT2D eigenvalue weighted by Crippen LogP contribution is -2.70. The molecule has 0 bridgehead atoms. The van der Waals surface area contributed by atoms with Crippen LogP contribution in [0.15, 0.2) is 132 Å². The van der Waals surface area contributed by atoms with Crippen LogP contribution in [0.25, 0.3) is 0 Å². The van der Waals surface area contributed by atoms with E-state index in [9.17, 15) is 33.9 Å². The first kappa shape index (κ1) is 51.0. The van der Waals surface area contributed by atoms with Crippen molar-refractivity contribution < 1.29 is 76.5 Å². The Morgan fingerprint density at radius 2 is 0.986 bits per heavy atom. The average Bonchev–Trinajstić information content (AvgIpc) is 3.79. The number of ether oxygens (including phenoxy) is 9. The molecule has 19 heteroatoms. The fraction of sp³-hybridized carbons (Fsp3) is 0.333. The molecule has 5 aromatic carbocycles. The van der Waals surface area contributed by atoms with Gasteiger partial charge in [0.2, 0.25) is 0 Å². The molecule has 4 heterocycles. The highest BCUT2D eigenvalue weighted by atomic mass is 32.2. The third-order valence-electron chi connectivity index (χ3n) is 12.8. The molecular weight excluding hydrogens is 965 g/mol. The highest BCUT2D eigenvalue weighted by molar-refractivity contribution is 7.99. The van der Waals surface area contributed by atoms with E-state index in [2.05, 4.69) is 0 Å². The fourth-order valence-corrected chi connectivity index (χ4v) is 10.6. The van der Waals surface area contributed by atoms with E-state index in [1.807, 2.05) is 30.3 Å². The van der Waals surface area contributed by atoms with Crippen LogP contribution >= 0.6 is 11.8 Å². The summed E-state index contributed by atoms with van der Waals surface area (Å²) in [4.78, 5) is 87.2. The van der Waals surface area contributed by atoms with Crippen LogP contribution in [0.1, 0.15) is 66.4 Å². The van der Waals surface area contributed by atoms with E-state index < -0.39 is 96.0 Å². The third-order valence-corrected chi connectivity index (χ3v) is 14.0. The smallest absolute Gasteiger partial charge is 0.303 e. The molecule has 2 saturated heterocycles. The van der Waals surface area contributed by atoms with Crippen molar-refractivity contribution in [1.29, 1.82) is 0 Å². The minimum Gasteiger partial charge on any atom is -0.497 e. The van der Waals surface area contributed by atoms with Crippen molar-refractivity contribution in [1.82, 2.24) is 9.80 Å². The molecule has 2 fully saturated rings. The highest BCUT2D eigenvalue weighted by Gasteiger charge is 2.60. The number of carbonyl (C=O) groups is 6. The summed E-state index contributed by atoms with van der Waals surface area (Å²) < 4.78 is 55.7. The Bertz CT molecular complexity index is 2760. The number of amides is 4. The number of fused-ring (bicyclic) bond motifs is 2. The zero-order valence-electron chi connectivity index (χ0n) is 40.1. The number of hydrogen-bond donors (Lipinski definition) is 1. The number of aliphatic hydroxyl groups is 1. The summed E-state index contributed by atoms with van der Waals surface area (Å²) >= 11 is 1.16. The van der Waals surface area contributed by atoms with Crippen molar-refractivity contribution in [3.8, 4) is 11.5 Å². The molecule has 380 valence electrons. The number of thioether (sulfide) groups is 1. The van der Waals surface area contributed by atoms with Crippen molar-refractivity contribution >= 4 is 47.3 Å². The van der Waals surface area contributed by atoms with Gasteiger partial charge in [0.15, 0.2) is 18.5 Å². The van der Waals surface area contributed by atoms with Crippen molar-refractivity contribution in [3.63, 3.8) is 0 Å². The van der Waals surface area contributed by atoms with Crippen molar-refractivity contribution in [3.05, 3.63) is 161 Å². The summed E-state index contributed by atoms with van der Waals surface area (Å²) in [5.74, 6) is -3.45. The first-order valence-corrected chi connectivity index (χ1v) is 24.3. The molecule has 0 spiro atoms. The molecule has 18 nitrogen and oxygen atoms in total. The van der Waals surface area contributed by atoms with Crippen LogP contribution in [0.3, 0.4) is 0 Å². The summed E-state index contributed by atoms with van der Waals surface area (Å²) in [6.07, 6.45) is -11.0. The van der Waals surface area contributed by atoms with Crippen LogP contribution in [0.5, 0.6) is 11.5 Å². The van der Waals surface area contributed by atoms with Gasteiger partial charge in [-0.25, -0.2) is 0 Å². The summed E-state index contributed by atoms with van der Waals surface area (Å²) in [5, 5.41) is 12.2. The lowest BCUT2D eigenvalue weighted by Gasteiger charge is -2.51. The molecule has 4 aliphatic heterocycles. The Morgan fingerprint density at radius 1 is 0.548 bits per heavy atom. The molecule has 9 rings (SSSR count). The predicted octanol–water partition coefficient (Wildman–Crippen LogP) is 5.62. The average molecular weight is 1020 g/mol. The lowest BCUT2D eigenvalue weighted by atomic mass is 9.93. The summed E-state index contributed by atoms with van der Waals surface area (Å²) in [7, 11) is 3.09. The van der Waals surface area contributed by atoms with Gasteiger partial charge in [-0.2, -0.15) is 0 Å². The van der Waals surface area contributed by atoms with Gasteiger partial charge >= 0.3 is 11.9 Å². The van der Waals surface area contributed by atoms with E-state index in [1.165, 1.54) is 24.3 Å². The van der Waals surface area contributed by atoms with Crippen LogP contribution in [-0.4, -0.2) is 138 Å². The van der Waals surface area contributed by atoms with E-state index in [4.69, 9.17) is 42.6 Å². The maximum atomic E-state index is 14.6. The highest BCUT2D eigenvalue weighted by Crippen LogP contribution is 2.43. The fourth-order valence-electron chi connectivity index (χ4n) is 9.41. The molecule has 0 aromatic heterocycles. The van der Waals surface area contributed by atoms with E-state index in [1.54, 1.807) is 87.0 Å². The normalized spacial score (nSPS) is 25.5. The number of rotatable bonds is 18. The number of aliphatic hydroxyl groups excluding tert-OH is 1. The van der Waals surface area contributed by atoms with E-state index in [-0.39, 0.29) is 48.7 Å². The summed E-state index contributed by atoms with van der Waals surface area (Å²) in [5.41, 5.74) is 0.611. The molecule has 4 aliphatic rings. The second-order valence-corrected chi connectivity index (χ2v) is 18.7. The number of hydrogen-bond acceptors (Lipinski definition) is 17. The van der Waals surface area contributed by atoms with Gasteiger partial charge in [0.05, 0.1) is 62.9 Å². The first-order chi connectivity index (χ1) is 35.3. The topological polar surface area (TPSA) is 212 Å². The number of carbonyl (C=O) groups excluding carboxylic acids is 6. The molecule has 0 radical (unpaired) electrons. The zero-order valence-corrected chi connectivity index (χ0v) is 40.9. The van der Waals surface area contributed by atoms with Gasteiger partial charge in [-0.1, -0.05) is 78.5 Å². The van der Waals surface area contributed by atoms with Gasteiger partial charge in [0.25, 0.3) is 23.6 Å². The summed E-state index contributed by atoms with van der Waals surface area (Å²) in [6.45, 7) is 1.72. The molecule has 0 aliphatic carbocycles. The van der Waals surface area contributed by atoms with Gasteiger partial charge in [-0.05, 0) is 71.8 Å². The van der Waals surface area contributed by atoms with Crippen LogP contribution in [0.2, 0.25) is 0 Å². The summed E-state index contributed by atoms with van der Waals surface area (Å²) in [6, 6.07) is 32.5. The van der Waals surface area contributed by atoms with Gasteiger partial charge in [0, 0.05) is 18.7 Å². The molecule has 0 saturated carbocycles. The Kier molecular flexibility index (Phi) is 15.7. The molecule has 4 amide bonds. The van der Waals surface area contributed by atoms with Gasteiger partial charge < -0.3 is 47.7 Å². The molecule has 0 unspecified atom stereocenters. The van der Waals surface area contributed by atoms with Gasteiger partial charge in [-0.3, -0.25) is 38.6 Å². The number of benzene rings is 5. The number of nitrogens with zero attached hydrogens (tertiary/aromatic N) is 2. The van der Waals surface area contributed by atoms with Crippen LogP contribution in [-0.2, 0) is 56.0 Å². The number of methoxy groups -OCH3 is 2. The van der Waals surface area contributed by atoms with E-state index in [0.717, 1.165) is 46.5 Å². The van der Waals surface area contributed by atoms with Gasteiger partial charge in [-0.15, -0.1) is 0 Å². The van der Waals surface area contributed by atoms with Crippen LogP contribution in [0.4, 0.5) is 0 Å². The predicted molar refractivity (Wildman–Crippen MR) is 258 cm³/mol. The van der Waals surface area contributed by atoms with E-state index in [0.29, 0.717) is 16.4 Å². The molecule has 1 N–H and O–H groups in total. The Hall–Kier alpha value is -6.97. The van der Waals surface area contributed by atoms with Crippen LogP contribution in [0, 0.1) is 0 Å². The van der Waals surface area contributed by atoms with Crippen molar-refractivity contribution in [2.45, 2.75) is 92.4 Å². The standard InChI is InChI=1S/C54H52N2O16S/c1-30(57)68-47-43(55-49(60)37-14-8-9-15-38(37)50(55)61)53(70-41(45(47)59)28-66-26-32-18-22-34(64-3)23-19-32)72-46-42(29-67-27-33-20-24-35(65-4)25-21-33)71-54(73-36-12-6-5-7-13-36)44(48(46)69-31(2)58)56-51(62)39-16-10-11-17-40(39)52(56)63/h5-25,41-48,53-54,59H,26-29H2,1-4H3/t41-,42-,43-,44-,45-,46-,47-,48-,53+,54+/m1/s1. The largest absolute Gasteiger partial charge is 0.497 e. The Balaban J connectivity index is 1.15. The molecule has 5 aromatic rings. The second kappa shape index (κ2) is 22.4. The number of esters is 2. The Morgan fingerprint density at radius 3 is 1.45 bits per heavy atom. The molecule has 73 heavy (non-hydrogen) atoms. The minimum atomic E-state index is -1.83. The monoisotopic (exact) mass is 1020 g/mol. The van der Waals surface area contributed by atoms with E-state index >= 15 is 0 Å². The third kappa shape index (κ3) is 10.7. The maximum Gasteiger partial charge on any atom is 0.303 e. The minimum absolute atomic E-state index is 0.0299. The quantitative estimate of drug-likeness (QED) is 0.0834. The van der Waals surface area contributed by atoms with Crippen molar-refractivity contribution in [2.24, 2.45) is 0 Å². The maximum absolute atomic E-state index is 14.6. The second-order valence-electron chi connectivity index (χ2n) is 17.5. The first-order valence-electron chi connectivity index (χ1n) is 23.4.